The van der Waals surface area contributed by atoms with Crippen molar-refractivity contribution in [2.24, 2.45) is 5.92 Å². The van der Waals surface area contributed by atoms with Gasteiger partial charge in [-0.1, -0.05) is 27.7 Å². The van der Waals surface area contributed by atoms with E-state index in [1.807, 2.05) is 6.92 Å². The first-order valence-corrected chi connectivity index (χ1v) is 12.8. The Kier molecular flexibility index (Phi) is 6.61. The Bertz CT molecular complexity index is 801. The summed E-state index contributed by atoms with van der Waals surface area (Å²) in [5, 5.41) is -0.0593. The van der Waals surface area contributed by atoms with Gasteiger partial charge in [0, 0.05) is 22.7 Å². The van der Waals surface area contributed by atoms with Gasteiger partial charge in [0.05, 0.1) is 12.2 Å². The summed E-state index contributed by atoms with van der Waals surface area (Å²) >= 11 is 0. The van der Waals surface area contributed by atoms with Crippen LogP contribution in [0.4, 0.5) is 0 Å². The molecule has 2 N–H and O–H groups in total. The van der Waals surface area contributed by atoms with Gasteiger partial charge in [-0.3, -0.25) is 14.3 Å². The van der Waals surface area contributed by atoms with Gasteiger partial charge in [0.15, 0.2) is 14.5 Å². The number of hydrogen-bond acceptors (Lipinski definition) is 6. The lowest BCUT2D eigenvalue weighted by atomic mass is 10.0. The van der Waals surface area contributed by atoms with Crippen LogP contribution in [0.3, 0.4) is 0 Å². The standard InChI is InChI=1S/C16H27N2O7PSi/c1-10-11(9-23-26(21)22)24-14(18-8-7-12(19)17-15(18)20)13(10)25-27(5,6)16(2,3)4/h7-8,10-11,13-14H,9H2,1-6H3,(H-,17,19,20,21,22)/p+1/t10?,11-,13+,14-/m1/s1. The Morgan fingerprint density at radius 1 is 1.37 bits per heavy atom. The zero-order chi connectivity index (χ0) is 20.6. The lowest BCUT2D eigenvalue weighted by Gasteiger charge is -2.40. The second-order valence-corrected chi connectivity index (χ2v) is 13.8. The topological polar surface area (TPSA) is 120 Å². The van der Waals surface area contributed by atoms with E-state index < -0.39 is 46.3 Å². The van der Waals surface area contributed by atoms with Gasteiger partial charge in [0.25, 0.3) is 5.56 Å². The molecule has 9 nitrogen and oxygen atoms in total. The van der Waals surface area contributed by atoms with Crippen LogP contribution >= 0.6 is 8.25 Å². The lowest BCUT2D eigenvalue weighted by molar-refractivity contribution is -0.0480. The highest BCUT2D eigenvalue weighted by Gasteiger charge is 2.50. The van der Waals surface area contributed by atoms with Crippen LogP contribution in [0.2, 0.25) is 18.1 Å². The van der Waals surface area contributed by atoms with Crippen molar-refractivity contribution in [3.63, 3.8) is 0 Å². The fraction of sp³-hybridized carbons (Fsp3) is 0.750. The van der Waals surface area contributed by atoms with Crippen LogP contribution in [-0.4, -0.2) is 41.6 Å². The second kappa shape index (κ2) is 8.06. The van der Waals surface area contributed by atoms with Crippen LogP contribution in [0, 0.1) is 5.92 Å². The molecule has 152 valence electrons. The highest BCUT2D eigenvalue weighted by Crippen LogP contribution is 2.43. The summed E-state index contributed by atoms with van der Waals surface area (Å²) in [6.07, 6.45) is -0.408. The fourth-order valence-electron chi connectivity index (χ4n) is 2.71. The molecule has 2 heterocycles. The molecule has 1 aromatic heterocycles. The summed E-state index contributed by atoms with van der Waals surface area (Å²) < 4.78 is 29.5. The zero-order valence-corrected chi connectivity index (χ0v) is 18.4. The Morgan fingerprint density at radius 3 is 2.52 bits per heavy atom. The van der Waals surface area contributed by atoms with Crippen molar-refractivity contribution in [2.45, 2.75) is 64.3 Å². The molecule has 0 amide bonds. The molecule has 0 saturated carbocycles. The third-order valence-corrected chi connectivity index (χ3v) is 10.3. The van der Waals surface area contributed by atoms with Gasteiger partial charge in [-0.2, -0.15) is 0 Å². The van der Waals surface area contributed by atoms with E-state index >= 15 is 0 Å². The van der Waals surface area contributed by atoms with Crippen LogP contribution in [0.15, 0.2) is 21.9 Å². The average Bonchev–Trinajstić information content (AvgIpc) is 2.80. The molecule has 1 aliphatic heterocycles. The van der Waals surface area contributed by atoms with Crippen LogP contribution < -0.4 is 11.2 Å². The van der Waals surface area contributed by atoms with Gasteiger partial charge in [-0.25, -0.2) is 4.79 Å². The summed E-state index contributed by atoms with van der Waals surface area (Å²) in [5.41, 5.74) is -1.10. The number of ether oxygens (including phenoxy) is 1. The fourth-order valence-corrected chi connectivity index (χ4v) is 4.35. The van der Waals surface area contributed by atoms with Gasteiger partial charge in [-0.05, 0) is 18.1 Å². The van der Waals surface area contributed by atoms with E-state index in [4.69, 9.17) is 18.6 Å². The monoisotopic (exact) mass is 419 g/mol. The molecule has 2 rings (SSSR count). The number of hydrogen-bond donors (Lipinski definition) is 2. The maximum Gasteiger partial charge on any atom is 0.694 e. The molecule has 1 fully saturated rings. The van der Waals surface area contributed by atoms with E-state index in [0.29, 0.717) is 0 Å². The largest absolute Gasteiger partial charge is 0.694 e. The Morgan fingerprint density at radius 2 is 2.00 bits per heavy atom. The van der Waals surface area contributed by atoms with Crippen LogP contribution in [-0.2, 0) is 18.3 Å². The van der Waals surface area contributed by atoms with Crippen molar-refractivity contribution in [1.29, 1.82) is 0 Å². The first-order valence-electron chi connectivity index (χ1n) is 8.77. The molecule has 27 heavy (non-hydrogen) atoms. The smallest absolute Gasteiger partial charge is 0.409 e. The highest BCUT2D eigenvalue weighted by molar-refractivity contribution is 7.32. The minimum absolute atomic E-state index is 0.0593. The molecule has 1 aliphatic rings. The van der Waals surface area contributed by atoms with Crippen LogP contribution in [0.25, 0.3) is 0 Å². The number of aromatic amines is 1. The maximum atomic E-state index is 12.3. The van der Waals surface area contributed by atoms with E-state index in [-0.39, 0.29) is 17.6 Å². The van der Waals surface area contributed by atoms with E-state index in [1.54, 1.807) is 0 Å². The van der Waals surface area contributed by atoms with Gasteiger partial charge in [-0.15, -0.1) is 9.42 Å². The number of H-pyrrole nitrogens is 1. The van der Waals surface area contributed by atoms with Crippen molar-refractivity contribution >= 4 is 16.6 Å². The van der Waals surface area contributed by atoms with E-state index in [9.17, 15) is 14.2 Å². The van der Waals surface area contributed by atoms with Crippen LogP contribution in [0.1, 0.15) is 33.9 Å². The summed E-state index contributed by atoms with van der Waals surface area (Å²) in [6.45, 7) is 12.3. The number of aromatic nitrogens is 2. The molecule has 0 aromatic carbocycles. The first-order chi connectivity index (χ1) is 12.3. The van der Waals surface area contributed by atoms with Gasteiger partial charge < -0.3 is 9.16 Å². The molecule has 5 atom stereocenters. The summed E-state index contributed by atoms with van der Waals surface area (Å²) in [6, 6.07) is 1.24. The minimum atomic E-state index is -2.75. The maximum absolute atomic E-state index is 12.3. The van der Waals surface area contributed by atoms with Gasteiger partial charge >= 0.3 is 13.9 Å². The second-order valence-electron chi connectivity index (χ2n) is 8.32. The van der Waals surface area contributed by atoms with Crippen molar-refractivity contribution in [1.82, 2.24) is 9.55 Å². The Labute approximate surface area is 159 Å². The molecule has 1 saturated heterocycles. The average molecular weight is 419 g/mol. The molecule has 0 aliphatic carbocycles. The molecule has 0 bridgehead atoms. The van der Waals surface area contributed by atoms with Gasteiger partial charge in [0.2, 0.25) is 0 Å². The SMILES string of the molecule is CC1[C@@H](CO[P+](=O)O)O[C@@H](n2ccc(=O)[nH]c2=O)[C@H]1O[Si](C)(C)C(C)(C)C. The molecular formula is C16H28N2O7PSi+. The van der Waals surface area contributed by atoms with Crippen molar-refractivity contribution < 1.29 is 23.1 Å². The zero-order valence-electron chi connectivity index (χ0n) is 16.5. The lowest BCUT2D eigenvalue weighted by Crippen LogP contribution is -2.48. The number of nitrogens with one attached hydrogen (secondary N) is 1. The molecule has 11 heteroatoms. The normalized spacial score (nSPS) is 27.0. The van der Waals surface area contributed by atoms with Crippen molar-refractivity contribution in [3.8, 4) is 0 Å². The molecule has 1 aromatic rings. The summed E-state index contributed by atoms with van der Waals surface area (Å²) in [7, 11) is -4.96. The quantitative estimate of drug-likeness (QED) is 0.535. The summed E-state index contributed by atoms with van der Waals surface area (Å²) in [4.78, 5) is 34.8. The van der Waals surface area contributed by atoms with Crippen molar-refractivity contribution in [3.05, 3.63) is 33.1 Å². The molecule has 0 radical (unpaired) electrons. The third kappa shape index (κ3) is 5.01. The highest BCUT2D eigenvalue weighted by atomic mass is 31.1. The first kappa shape index (κ1) is 22.1. The Balaban J connectivity index is 2.39. The van der Waals surface area contributed by atoms with E-state index in [2.05, 4.69) is 38.8 Å². The Hall–Kier alpha value is -1.16. The molecule has 0 spiro atoms. The number of rotatable bonds is 6. The predicted octanol–water partition coefficient (Wildman–Crippen LogP) is 2.13. The predicted molar refractivity (Wildman–Crippen MR) is 102 cm³/mol. The summed E-state index contributed by atoms with van der Waals surface area (Å²) in [5.74, 6) is -0.196. The molecule has 2 unspecified atom stereocenters. The number of nitrogens with zero attached hydrogens (tertiary/aromatic N) is 1. The van der Waals surface area contributed by atoms with Gasteiger partial charge in [0.1, 0.15) is 6.61 Å². The van der Waals surface area contributed by atoms with E-state index in [0.717, 1.165) is 0 Å². The van der Waals surface area contributed by atoms with E-state index in [1.165, 1.54) is 16.8 Å². The van der Waals surface area contributed by atoms with Crippen LogP contribution in [0.5, 0.6) is 0 Å². The van der Waals surface area contributed by atoms with Crippen molar-refractivity contribution in [2.75, 3.05) is 6.61 Å². The third-order valence-electron chi connectivity index (χ3n) is 5.41. The molecular weight excluding hydrogens is 391 g/mol. The minimum Gasteiger partial charge on any atom is -0.409 e.